The molecule has 1 aromatic heterocycles. The van der Waals surface area contributed by atoms with E-state index in [1.807, 2.05) is 12.3 Å². The number of nitrogens with one attached hydrogen (secondary N) is 1. The maximum absolute atomic E-state index is 4.65. The van der Waals surface area contributed by atoms with Gasteiger partial charge < -0.3 is 5.32 Å². The van der Waals surface area contributed by atoms with Gasteiger partial charge in [0.15, 0.2) is 0 Å². The molecule has 19 heavy (non-hydrogen) atoms. The summed E-state index contributed by atoms with van der Waals surface area (Å²) in [5.41, 5.74) is 3.31. The molecule has 1 atom stereocenters. The standard InChI is InChI=1S/C16H21N3/c1-4-14-11-17-15(5-2)16(19-14)18-12(3)13-9-7-6-8-10-13/h6-12H,4-5H2,1-3H3,(H,18,19)/t12-/m0/s1. The highest BCUT2D eigenvalue weighted by Gasteiger charge is 2.10. The van der Waals surface area contributed by atoms with E-state index in [2.05, 4.69) is 60.3 Å². The minimum Gasteiger partial charge on any atom is -0.362 e. The van der Waals surface area contributed by atoms with E-state index in [1.54, 1.807) is 0 Å². The Balaban J connectivity index is 2.22. The van der Waals surface area contributed by atoms with Crippen molar-refractivity contribution in [2.45, 2.75) is 39.7 Å². The molecule has 0 aliphatic heterocycles. The molecule has 0 amide bonds. The van der Waals surface area contributed by atoms with Crippen molar-refractivity contribution in [3.05, 3.63) is 53.5 Å². The molecule has 100 valence electrons. The van der Waals surface area contributed by atoms with E-state index in [9.17, 15) is 0 Å². The van der Waals surface area contributed by atoms with E-state index in [0.717, 1.165) is 30.0 Å². The summed E-state index contributed by atoms with van der Waals surface area (Å²) < 4.78 is 0. The zero-order chi connectivity index (χ0) is 13.7. The van der Waals surface area contributed by atoms with Crippen molar-refractivity contribution in [1.29, 1.82) is 0 Å². The lowest BCUT2D eigenvalue weighted by molar-refractivity contribution is 0.845. The van der Waals surface area contributed by atoms with E-state index in [-0.39, 0.29) is 6.04 Å². The van der Waals surface area contributed by atoms with Crippen LogP contribution in [0.25, 0.3) is 0 Å². The van der Waals surface area contributed by atoms with Crippen molar-refractivity contribution in [2.75, 3.05) is 5.32 Å². The van der Waals surface area contributed by atoms with Crippen molar-refractivity contribution in [1.82, 2.24) is 9.97 Å². The number of benzene rings is 1. The smallest absolute Gasteiger partial charge is 0.148 e. The Labute approximate surface area is 115 Å². The van der Waals surface area contributed by atoms with Gasteiger partial charge >= 0.3 is 0 Å². The van der Waals surface area contributed by atoms with Crippen molar-refractivity contribution >= 4 is 5.82 Å². The number of aryl methyl sites for hydroxylation is 2. The third-order valence-electron chi connectivity index (χ3n) is 3.25. The SMILES string of the molecule is CCc1cnc(CC)c(N[C@@H](C)c2ccccc2)n1. The van der Waals surface area contributed by atoms with Gasteiger partial charge in [-0.2, -0.15) is 0 Å². The first-order valence-corrected chi connectivity index (χ1v) is 6.90. The third kappa shape index (κ3) is 3.31. The minimum atomic E-state index is 0.230. The summed E-state index contributed by atoms with van der Waals surface area (Å²) >= 11 is 0. The molecular formula is C16H21N3. The molecule has 0 aliphatic rings. The minimum absolute atomic E-state index is 0.230. The van der Waals surface area contributed by atoms with Gasteiger partial charge in [0, 0.05) is 6.20 Å². The van der Waals surface area contributed by atoms with Crippen molar-refractivity contribution < 1.29 is 0 Å². The third-order valence-corrected chi connectivity index (χ3v) is 3.25. The molecule has 0 radical (unpaired) electrons. The molecule has 1 heterocycles. The molecule has 0 unspecified atom stereocenters. The van der Waals surface area contributed by atoms with E-state index >= 15 is 0 Å². The van der Waals surface area contributed by atoms with Crippen LogP contribution in [0, 0.1) is 0 Å². The first kappa shape index (κ1) is 13.5. The number of hydrogen-bond acceptors (Lipinski definition) is 3. The van der Waals surface area contributed by atoms with Gasteiger partial charge in [-0.25, -0.2) is 4.98 Å². The van der Waals surface area contributed by atoms with Crippen LogP contribution in [0.5, 0.6) is 0 Å². The summed E-state index contributed by atoms with van der Waals surface area (Å²) in [6.07, 6.45) is 3.67. The van der Waals surface area contributed by atoms with Crippen molar-refractivity contribution in [3.63, 3.8) is 0 Å². The Kier molecular flexibility index (Phi) is 4.50. The van der Waals surface area contributed by atoms with E-state index in [0.29, 0.717) is 0 Å². The lowest BCUT2D eigenvalue weighted by Crippen LogP contribution is -2.11. The Bertz CT molecular complexity index is 523. The predicted molar refractivity (Wildman–Crippen MR) is 79.3 cm³/mol. The molecule has 2 aromatic rings. The average molecular weight is 255 g/mol. The van der Waals surface area contributed by atoms with Gasteiger partial charge in [-0.05, 0) is 25.3 Å². The van der Waals surface area contributed by atoms with Gasteiger partial charge in [0.25, 0.3) is 0 Å². The molecule has 0 spiro atoms. The van der Waals surface area contributed by atoms with Crippen LogP contribution in [0.2, 0.25) is 0 Å². The number of anilines is 1. The van der Waals surface area contributed by atoms with Crippen LogP contribution in [0.1, 0.15) is 43.8 Å². The molecule has 0 bridgehead atoms. The molecule has 0 saturated heterocycles. The summed E-state index contributed by atoms with van der Waals surface area (Å²) in [6.45, 7) is 6.35. The first-order valence-electron chi connectivity index (χ1n) is 6.90. The van der Waals surface area contributed by atoms with Crippen LogP contribution in [0.3, 0.4) is 0 Å². The fourth-order valence-corrected chi connectivity index (χ4v) is 2.03. The summed E-state index contributed by atoms with van der Waals surface area (Å²) in [6, 6.07) is 10.6. The zero-order valence-corrected chi connectivity index (χ0v) is 11.9. The van der Waals surface area contributed by atoms with Gasteiger partial charge in [0.2, 0.25) is 0 Å². The topological polar surface area (TPSA) is 37.8 Å². The van der Waals surface area contributed by atoms with Gasteiger partial charge in [-0.1, -0.05) is 44.2 Å². The maximum Gasteiger partial charge on any atom is 0.148 e. The Hall–Kier alpha value is -1.90. The molecule has 1 N–H and O–H groups in total. The van der Waals surface area contributed by atoms with E-state index in [1.165, 1.54) is 5.56 Å². The highest BCUT2D eigenvalue weighted by Crippen LogP contribution is 2.20. The van der Waals surface area contributed by atoms with Gasteiger partial charge in [-0.15, -0.1) is 0 Å². The van der Waals surface area contributed by atoms with Crippen molar-refractivity contribution in [3.8, 4) is 0 Å². The molecule has 0 aliphatic carbocycles. The quantitative estimate of drug-likeness (QED) is 0.883. The van der Waals surface area contributed by atoms with E-state index < -0.39 is 0 Å². The Morgan fingerprint density at radius 3 is 2.47 bits per heavy atom. The lowest BCUT2D eigenvalue weighted by Gasteiger charge is -2.17. The Morgan fingerprint density at radius 1 is 1.11 bits per heavy atom. The van der Waals surface area contributed by atoms with Crippen LogP contribution in [0.4, 0.5) is 5.82 Å². The summed E-state index contributed by atoms with van der Waals surface area (Å²) in [4.78, 5) is 9.14. The number of rotatable bonds is 5. The van der Waals surface area contributed by atoms with E-state index in [4.69, 9.17) is 0 Å². The van der Waals surface area contributed by atoms with Gasteiger partial charge in [0.1, 0.15) is 5.82 Å². The predicted octanol–water partition coefficient (Wildman–Crippen LogP) is 3.77. The summed E-state index contributed by atoms with van der Waals surface area (Å²) in [7, 11) is 0. The highest BCUT2D eigenvalue weighted by molar-refractivity contribution is 5.43. The molecule has 0 fully saturated rings. The number of hydrogen-bond donors (Lipinski definition) is 1. The Morgan fingerprint density at radius 2 is 1.84 bits per heavy atom. The monoisotopic (exact) mass is 255 g/mol. The van der Waals surface area contributed by atoms with Gasteiger partial charge in [0.05, 0.1) is 17.4 Å². The average Bonchev–Trinajstić information content (AvgIpc) is 2.48. The highest BCUT2D eigenvalue weighted by atomic mass is 15.0. The number of aromatic nitrogens is 2. The largest absolute Gasteiger partial charge is 0.362 e. The van der Waals surface area contributed by atoms with Gasteiger partial charge in [-0.3, -0.25) is 4.98 Å². The van der Waals surface area contributed by atoms with Crippen LogP contribution >= 0.6 is 0 Å². The number of nitrogens with zero attached hydrogens (tertiary/aromatic N) is 2. The van der Waals surface area contributed by atoms with Crippen molar-refractivity contribution in [2.24, 2.45) is 0 Å². The second-order valence-electron chi connectivity index (χ2n) is 4.64. The lowest BCUT2D eigenvalue weighted by atomic mass is 10.1. The normalized spacial score (nSPS) is 12.2. The zero-order valence-electron chi connectivity index (χ0n) is 11.9. The molecule has 2 rings (SSSR count). The first-order chi connectivity index (χ1) is 9.24. The van der Waals surface area contributed by atoms with Crippen LogP contribution in [-0.4, -0.2) is 9.97 Å². The fraction of sp³-hybridized carbons (Fsp3) is 0.375. The molecular weight excluding hydrogens is 234 g/mol. The molecule has 1 aromatic carbocycles. The maximum atomic E-state index is 4.65. The fourth-order valence-electron chi connectivity index (χ4n) is 2.03. The molecule has 0 saturated carbocycles. The second kappa shape index (κ2) is 6.32. The second-order valence-corrected chi connectivity index (χ2v) is 4.64. The summed E-state index contributed by atoms with van der Waals surface area (Å²) in [5.74, 6) is 0.915. The van der Waals surface area contributed by atoms with Crippen LogP contribution in [0.15, 0.2) is 36.5 Å². The van der Waals surface area contributed by atoms with Crippen LogP contribution in [-0.2, 0) is 12.8 Å². The summed E-state index contributed by atoms with van der Waals surface area (Å²) in [5, 5.41) is 3.48. The molecule has 3 heteroatoms. The van der Waals surface area contributed by atoms with Crippen LogP contribution < -0.4 is 5.32 Å². The molecule has 3 nitrogen and oxygen atoms in total.